The number of aliphatic hydroxyl groups is 1. The Balaban J connectivity index is 1.89. The van der Waals surface area contributed by atoms with Crippen LogP contribution in [0.15, 0.2) is 30.3 Å². The van der Waals surface area contributed by atoms with Crippen LogP contribution in [0.1, 0.15) is 46.1 Å². The Hall–Kier alpha value is -4.00. The van der Waals surface area contributed by atoms with Gasteiger partial charge in [-0.1, -0.05) is 51.1 Å². The first-order valence-corrected chi connectivity index (χ1v) is 14.3. The van der Waals surface area contributed by atoms with E-state index >= 15 is 0 Å². The number of carbonyl (C=O) groups is 6. The molecule has 0 aromatic heterocycles. The van der Waals surface area contributed by atoms with Gasteiger partial charge >= 0.3 is 0 Å². The summed E-state index contributed by atoms with van der Waals surface area (Å²) in [6, 6.07) is 4.40. The largest absolute Gasteiger partial charge is 0.394 e. The van der Waals surface area contributed by atoms with Crippen molar-refractivity contribution in [2.75, 3.05) is 26.2 Å². The van der Waals surface area contributed by atoms with Gasteiger partial charge in [-0.05, 0) is 31.2 Å². The molecule has 1 saturated carbocycles. The molecule has 13 nitrogen and oxygen atoms in total. The molecule has 230 valence electrons. The Morgan fingerprint density at radius 3 is 2.17 bits per heavy atom. The van der Waals surface area contributed by atoms with E-state index in [-0.39, 0.29) is 37.9 Å². The first kappa shape index (κ1) is 32.5. The standard InChI is InChI=1S/C29H42N6O7/c1-17(2)23-27(41)31-18(3)24(38)33-21(16-36)26(40)32-20(14-19-8-6-5-7-9-19)25(39)30-12-13-35(15-22(37)34-23)28(42)29(4)10-11-29/h5-9,17-18,20-21,23,36H,10-16H2,1-4H3,(H,30,39)(H,31,41)(H,32,40)(H,33,38)(H,34,37)/t18-,20+,21-,23+/m0/s1. The van der Waals surface area contributed by atoms with E-state index in [4.69, 9.17) is 0 Å². The molecule has 1 aromatic carbocycles. The molecule has 6 amide bonds. The lowest BCUT2D eigenvalue weighted by Crippen LogP contribution is -2.60. The number of nitrogens with zero attached hydrogens (tertiary/aromatic N) is 1. The molecule has 0 bridgehead atoms. The van der Waals surface area contributed by atoms with Crippen molar-refractivity contribution >= 4 is 35.4 Å². The molecule has 13 heteroatoms. The smallest absolute Gasteiger partial charge is 0.245 e. The van der Waals surface area contributed by atoms with Crippen LogP contribution >= 0.6 is 0 Å². The Morgan fingerprint density at radius 1 is 0.929 bits per heavy atom. The summed E-state index contributed by atoms with van der Waals surface area (Å²) in [5, 5.41) is 22.8. The van der Waals surface area contributed by atoms with Crippen LogP contribution in [0.5, 0.6) is 0 Å². The van der Waals surface area contributed by atoms with Gasteiger partial charge in [0.2, 0.25) is 35.4 Å². The molecule has 0 spiro atoms. The Morgan fingerprint density at radius 2 is 1.57 bits per heavy atom. The van der Waals surface area contributed by atoms with Crippen molar-refractivity contribution in [2.45, 2.75) is 71.1 Å². The SMILES string of the molecule is CC(C)[C@H]1NC(=O)CN(C(=O)C2(C)CC2)CCNC(=O)[C@@H](Cc2ccccc2)NC(=O)[C@H](CO)NC(=O)[C@H](C)NC1=O. The lowest BCUT2D eigenvalue weighted by Gasteiger charge is -2.29. The van der Waals surface area contributed by atoms with E-state index in [1.807, 2.05) is 13.0 Å². The highest BCUT2D eigenvalue weighted by Crippen LogP contribution is 2.46. The third-order valence-corrected chi connectivity index (χ3v) is 7.57. The summed E-state index contributed by atoms with van der Waals surface area (Å²) in [5.41, 5.74) is 0.179. The minimum absolute atomic E-state index is 0.000861. The van der Waals surface area contributed by atoms with Crippen LogP contribution in [0.2, 0.25) is 0 Å². The molecular formula is C29H42N6O7. The van der Waals surface area contributed by atoms with Gasteiger partial charge in [-0.25, -0.2) is 0 Å². The number of hydrogen-bond donors (Lipinski definition) is 6. The van der Waals surface area contributed by atoms with Crippen LogP contribution in [-0.2, 0) is 35.2 Å². The average Bonchev–Trinajstić information content (AvgIpc) is 3.70. The summed E-state index contributed by atoms with van der Waals surface area (Å²) in [6.45, 7) is 5.63. The highest BCUT2D eigenvalue weighted by molar-refractivity contribution is 5.96. The molecule has 1 aromatic rings. The van der Waals surface area contributed by atoms with Gasteiger partial charge in [0.25, 0.3) is 0 Å². The number of amides is 6. The first-order valence-electron chi connectivity index (χ1n) is 14.3. The molecule has 0 radical (unpaired) electrons. The van der Waals surface area contributed by atoms with E-state index in [9.17, 15) is 33.9 Å². The van der Waals surface area contributed by atoms with Gasteiger partial charge in [-0.2, -0.15) is 0 Å². The molecule has 42 heavy (non-hydrogen) atoms. The van der Waals surface area contributed by atoms with Crippen molar-refractivity contribution in [1.29, 1.82) is 0 Å². The lowest BCUT2D eigenvalue weighted by molar-refractivity contribution is -0.141. The second-order valence-electron chi connectivity index (χ2n) is 11.6. The number of benzene rings is 1. The van der Waals surface area contributed by atoms with E-state index in [1.54, 1.807) is 38.1 Å². The van der Waals surface area contributed by atoms with Gasteiger partial charge in [0, 0.05) is 24.9 Å². The van der Waals surface area contributed by atoms with Gasteiger partial charge in [0.05, 0.1) is 13.2 Å². The topological polar surface area (TPSA) is 186 Å². The highest BCUT2D eigenvalue weighted by Gasteiger charge is 2.47. The molecule has 4 atom stereocenters. The minimum atomic E-state index is -1.39. The molecule has 1 aliphatic heterocycles. The van der Waals surface area contributed by atoms with Crippen LogP contribution in [-0.4, -0.2) is 95.9 Å². The molecule has 1 saturated heterocycles. The van der Waals surface area contributed by atoms with Gasteiger partial charge in [0.15, 0.2) is 0 Å². The monoisotopic (exact) mass is 586 g/mol. The normalized spacial score (nSPS) is 26.1. The molecule has 1 heterocycles. The summed E-state index contributed by atoms with van der Waals surface area (Å²) >= 11 is 0. The van der Waals surface area contributed by atoms with Crippen LogP contribution in [0.25, 0.3) is 0 Å². The highest BCUT2D eigenvalue weighted by atomic mass is 16.3. The van der Waals surface area contributed by atoms with Crippen molar-refractivity contribution in [1.82, 2.24) is 31.5 Å². The zero-order valence-electron chi connectivity index (χ0n) is 24.6. The second kappa shape index (κ2) is 14.3. The summed E-state index contributed by atoms with van der Waals surface area (Å²) in [7, 11) is 0. The van der Waals surface area contributed by atoms with E-state index in [0.717, 1.165) is 5.56 Å². The maximum absolute atomic E-state index is 13.3. The molecule has 1 aliphatic carbocycles. The molecule has 6 N–H and O–H groups in total. The van der Waals surface area contributed by atoms with Crippen LogP contribution < -0.4 is 26.6 Å². The van der Waals surface area contributed by atoms with Gasteiger partial charge < -0.3 is 36.6 Å². The third-order valence-electron chi connectivity index (χ3n) is 7.57. The molecule has 2 aliphatic rings. The quantitative estimate of drug-likeness (QED) is 0.245. The third kappa shape index (κ3) is 8.75. The minimum Gasteiger partial charge on any atom is -0.394 e. The number of carbonyl (C=O) groups excluding carboxylic acids is 6. The zero-order chi connectivity index (χ0) is 31.0. The molecule has 0 unspecified atom stereocenters. The van der Waals surface area contributed by atoms with E-state index in [2.05, 4.69) is 26.6 Å². The summed E-state index contributed by atoms with van der Waals surface area (Å²) in [6.07, 6.45) is 1.49. The van der Waals surface area contributed by atoms with Crippen molar-refractivity contribution in [2.24, 2.45) is 11.3 Å². The van der Waals surface area contributed by atoms with E-state index in [1.165, 1.54) is 11.8 Å². The van der Waals surface area contributed by atoms with Gasteiger partial charge in [0.1, 0.15) is 24.2 Å². The first-order chi connectivity index (χ1) is 19.8. The Labute approximate surface area is 245 Å². The number of hydrogen-bond acceptors (Lipinski definition) is 7. The van der Waals surface area contributed by atoms with Crippen molar-refractivity contribution < 1.29 is 33.9 Å². The van der Waals surface area contributed by atoms with Crippen LogP contribution in [0, 0.1) is 11.3 Å². The number of rotatable bonds is 5. The van der Waals surface area contributed by atoms with E-state index < -0.39 is 65.7 Å². The van der Waals surface area contributed by atoms with Crippen molar-refractivity contribution in [3.63, 3.8) is 0 Å². The van der Waals surface area contributed by atoms with Crippen molar-refractivity contribution in [3.05, 3.63) is 35.9 Å². The number of nitrogens with one attached hydrogen (secondary N) is 5. The van der Waals surface area contributed by atoms with Crippen LogP contribution in [0.4, 0.5) is 0 Å². The fraction of sp³-hybridized carbons (Fsp3) is 0.586. The second-order valence-corrected chi connectivity index (χ2v) is 11.6. The molecular weight excluding hydrogens is 544 g/mol. The van der Waals surface area contributed by atoms with Crippen LogP contribution in [0.3, 0.4) is 0 Å². The zero-order valence-corrected chi connectivity index (χ0v) is 24.6. The number of aliphatic hydroxyl groups excluding tert-OH is 1. The van der Waals surface area contributed by atoms with Crippen molar-refractivity contribution in [3.8, 4) is 0 Å². The maximum Gasteiger partial charge on any atom is 0.245 e. The lowest BCUT2D eigenvalue weighted by atomic mass is 10.0. The summed E-state index contributed by atoms with van der Waals surface area (Å²) in [5.74, 6) is -3.81. The van der Waals surface area contributed by atoms with Gasteiger partial charge in [-0.15, -0.1) is 0 Å². The van der Waals surface area contributed by atoms with E-state index in [0.29, 0.717) is 12.8 Å². The summed E-state index contributed by atoms with van der Waals surface area (Å²) in [4.78, 5) is 79.9. The fourth-order valence-corrected chi connectivity index (χ4v) is 4.59. The predicted molar refractivity (Wildman–Crippen MR) is 152 cm³/mol. The molecule has 2 fully saturated rings. The summed E-state index contributed by atoms with van der Waals surface area (Å²) < 4.78 is 0. The maximum atomic E-state index is 13.3. The Kier molecular flexibility index (Phi) is 11.0. The van der Waals surface area contributed by atoms with Gasteiger partial charge in [-0.3, -0.25) is 28.8 Å². The Bertz CT molecular complexity index is 1170. The fourth-order valence-electron chi connectivity index (χ4n) is 4.59. The molecule has 3 rings (SSSR count). The predicted octanol–water partition coefficient (Wildman–Crippen LogP) is -1.40. The average molecular weight is 587 g/mol.